The number of thiazole rings is 1. The van der Waals surface area contributed by atoms with E-state index >= 15 is 0 Å². The summed E-state index contributed by atoms with van der Waals surface area (Å²) in [6.45, 7) is 3.70. The van der Waals surface area contributed by atoms with Crippen LogP contribution in [-0.4, -0.2) is 30.2 Å². The highest BCUT2D eigenvalue weighted by Crippen LogP contribution is 2.37. The zero-order chi connectivity index (χ0) is 24.2. The number of amides is 2. The van der Waals surface area contributed by atoms with Gasteiger partial charge in [-0.1, -0.05) is 0 Å². The summed E-state index contributed by atoms with van der Waals surface area (Å²) in [5.74, 6) is 1.15. The van der Waals surface area contributed by atoms with Crippen molar-refractivity contribution in [1.29, 1.82) is 0 Å². The van der Waals surface area contributed by atoms with Crippen molar-refractivity contribution in [3.05, 3.63) is 64.5 Å². The monoisotopic (exact) mass is 482 g/mol. The highest BCUT2D eigenvalue weighted by molar-refractivity contribution is 7.09. The molecule has 0 aliphatic heterocycles. The largest absolute Gasteiger partial charge is 0.493 e. The van der Waals surface area contributed by atoms with Gasteiger partial charge in [-0.2, -0.15) is 0 Å². The van der Waals surface area contributed by atoms with Crippen molar-refractivity contribution in [3.8, 4) is 23.0 Å². The van der Waals surface area contributed by atoms with Gasteiger partial charge in [-0.25, -0.2) is 14.2 Å². The molecule has 0 saturated heterocycles. The maximum absolute atomic E-state index is 14.7. The van der Waals surface area contributed by atoms with Crippen LogP contribution in [0.25, 0.3) is 10.9 Å². The molecule has 0 aliphatic carbocycles. The van der Waals surface area contributed by atoms with Gasteiger partial charge in [0.25, 0.3) is 0 Å². The third-order valence-electron chi connectivity index (χ3n) is 4.98. The maximum Gasteiger partial charge on any atom is 0.319 e. The van der Waals surface area contributed by atoms with Crippen LogP contribution >= 0.6 is 11.3 Å². The number of hydrogen-bond donors (Lipinski definition) is 2. The number of rotatable bonds is 7. The first kappa shape index (κ1) is 23.2. The summed E-state index contributed by atoms with van der Waals surface area (Å²) in [5.41, 5.74) is 1.55. The maximum atomic E-state index is 14.7. The van der Waals surface area contributed by atoms with E-state index in [0.29, 0.717) is 28.2 Å². The Morgan fingerprint density at radius 1 is 1.09 bits per heavy atom. The van der Waals surface area contributed by atoms with Gasteiger partial charge in [0.05, 0.1) is 31.5 Å². The number of urea groups is 1. The Labute approximate surface area is 199 Å². The molecule has 2 amide bonds. The number of fused-ring (bicyclic) bond motifs is 1. The van der Waals surface area contributed by atoms with Crippen LogP contribution in [0.5, 0.6) is 23.0 Å². The number of ether oxygens (including phenoxy) is 3. The van der Waals surface area contributed by atoms with E-state index in [1.807, 2.05) is 19.2 Å². The molecular weight excluding hydrogens is 459 g/mol. The van der Waals surface area contributed by atoms with Crippen molar-refractivity contribution in [2.24, 2.45) is 0 Å². The van der Waals surface area contributed by atoms with Crippen molar-refractivity contribution in [1.82, 2.24) is 15.3 Å². The third-order valence-corrected chi connectivity index (χ3v) is 6.12. The van der Waals surface area contributed by atoms with E-state index < -0.39 is 11.8 Å². The first-order chi connectivity index (χ1) is 16.4. The van der Waals surface area contributed by atoms with E-state index in [2.05, 4.69) is 20.6 Å². The minimum Gasteiger partial charge on any atom is -0.493 e. The van der Waals surface area contributed by atoms with Crippen molar-refractivity contribution in [2.75, 3.05) is 19.5 Å². The number of pyridine rings is 1. The molecule has 0 bridgehead atoms. The number of aromatic nitrogens is 2. The number of methoxy groups -OCH3 is 2. The molecule has 4 rings (SSSR count). The van der Waals surface area contributed by atoms with Crippen LogP contribution in [0.15, 0.2) is 48.0 Å². The molecule has 34 heavy (non-hydrogen) atoms. The summed E-state index contributed by atoms with van der Waals surface area (Å²) in [6, 6.07) is 8.53. The molecule has 10 heteroatoms. The molecule has 1 atom stereocenters. The van der Waals surface area contributed by atoms with Gasteiger partial charge in [0.2, 0.25) is 0 Å². The van der Waals surface area contributed by atoms with Crippen LogP contribution in [0.2, 0.25) is 0 Å². The van der Waals surface area contributed by atoms with Crippen molar-refractivity contribution in [3.63, 3.8) is 0 Å². The number of hydrogen-bond acceptors (Lipinski definition) is 7. The quantitative estimate of drug-likeness (QED) is 0.344. The van der Waals surface area contributed by atoms with Crippen LogP contribution in [0.4, 0.5) is 14.9 Å². The molecule has 2 N–H and O–H groups in total. The summed E-state index contributed by atoms with van der Waals surface area (Å²) in [5, 5.41) is 8.63. The summed E-state index contributed by atoms with van der Waals surface area (Å²) in [7, 11) is 3.08. The lowest BCUT2D eigenvalue weighted by Crippen LogP contribution is -2.31. The number of nitrogens with one attached hydrogen (secondary N) is 2. The Morgan fingerprint density at radius 3 is 2.53 bits per heavy atom. The van der Waals surface area contributed by atoms with Gasteiger partial charge in [-0.05, 0) is 38.1 Å². The van der Waals surface area contributed by atoms with Crippen LogP contribution in [0.1, 0.15) is 23.7 Å². The molecule has 176 valence electrons. The second-order valence-electron chi connectivity index (χ2n) is 7.42. The Bertz CT molecular complexity index is 1340. The van der Waals surface area contributed by atoms with Gasteiger partial charge in [0, 0.05) is 34.8 Å². The summed E-state index contributed by atoms with van der Waals surface area (Å²) < 4.78 is 31.3. The molecule has 0 spiro atoms. The lowest BCUT2D eigenvalue weighted by atomic mass is 10.2. The topological polar surface area (TPSA) is 94.6 Å². The Hall–Kier alpha value is -3.92. The molecule has 8 nitrogen and oxygen atoms in total. The standard InChI is InChI=1S/C24H23FN4O4S/c1-13-12-34-23(27-13)14(2)28-24(30)29-18-6-5-15(9-17(18)25)33-20-7-8-26-19-11-22(32-4)21(31-3)10-16(19)20/h5-12,14H,1-4H3,(H2,28,29,30). The van der Waals surface area contributed by atoms with Crippen molar-refractivity contribution >= 4 is 34.0 Å². The van der Waals surface area contributed by atoms with Crippen LogP contribution < -0.4 is 24.8 Å². The lowest BCUT2D eigenvalue weighted by molar-refractivity contribution is 0.249. The summed E-state index contributed by atoms with van der Waals surface area (Å²) in [4.78, 5) is 21.0. The van der Waals surface area contributed by atoms with Crippen molar-refractivity contribution in [2.45, 2.75) is 19.9 Å². The van der Waals surface area contributed by atoms with E-state index in [1.54, 1.807) is 37.6 Å². The molecule has 0 aliphatic rings. The zero-order valence-electron chi connectivity index (χ0n) is 19.0. The molecule has 4 aromatic rings. The van der Waals surface area contributed by atoms with E-state index in [1.165, 1.54) is 30.6 Å². The van der Waals surface area contributed by atoms with E-state index in [-0.39, 0.29) is 17.5 Å². The lowest BCUT2D eigenvalue weighted by Gasteiger charge is -2.14. The summed E-state index contributed by atoms with van der Waals surface area (Å²) in [6.07, 6.45) is 1.59. The second kappa shape index (κ2) is 9.92. The minimum absolute atomic E-state index is 0.0263. The average Bonchev–Trinajstić information content (AvgIpc) is 3.26. The highest BCUT2D eigenvalue weighted by atomic mass is 32.1. The van der Waals surface area contributed by atoms with Gasteiger partial charge in [-0.15, -0.1) is 11.3 Å². The minimum atomic E-state index is -0.636. The molecule has 2 aromatic carbocycles. The second-order valence-corrected chi connectivity index (χ2v) is 8.31. The predicted octanol–water partition coefficient (Wildman–Crippen LogP) is 5.83. The molecule has 0 saturated carbocycles. The molecule has 2 heterocycles. The van der Waals surface area contributed by atoms with Crippen LogP contribution in [-0.2, 0) is 0 Å². The van der Waals surface area contributed by atoms with E-state index in [4.69, 9.17) is 14.2 Å². The Kier molecular flexibility index (Phi) is 6.78. The fraction of sp³-hybridized carbons (Fsp3) is 0.208. The number of aryl methyl sites for hydroxylation is 1. The molecule has 2 aromatic heterocycles. The fourth-order valence-electron chi connectivity index (χ4n) is 3.31. The van der Waals surface area contributed by atoms with Crippen molar-refractivity contribution < 1.29 is 23.4 Å². The number of benzene rings is 2. The number of anilines is 1. The highest BCUT2D eigenvalue weighted by Gasteiger charge is 2.15. The number of halogens is 1. The molecule has 0 radical (unpaired) electrons. The summed E-state index contributed by atoms with van der Waals surface area (Å²) >= 11 is 1.45. The Balaban J connectivity index is 1.49. The van der Waals surface area contributed by atoms with Gasteiger partial charge in [0.1, 0.15) is 22.3 Å². The normalized spacial score (nSPS) is 11.7. The smallest absolute Gasteiger partial charge is 0.319 e. The predicted molar refractivity (Wildman–Crippen MR) is 129 cm³/mol. The molecular formula is C24H23FN4O4S. The Morgan fingerprint density at radius 2 is 1.85 bits per heavy atom. The number of nitrogens with zero attached hydrogens (tertiary/aromatic N) is 2. The van der Waals surface area contributed by atoms with Crippen LogP contribution in [0, 0.1) is 12.7 Å². The van der Waals surface area contributed by atoms with E-state index in [0.717, 1.165) is 10.7 Å². The van der Waals surface area contributed by atoms with Gasteiger partial charge in [0.15, 0.2) is 11.5 Å². The SMILES string of the molecule is COc1cc2nccc(Oc3ccc(NC(=O)NC(C)c4nc(C)cs4)c(F)c3)c2cc1OC. The number of carbonyl (C=O) groups is 1. The zero-order valence-corrected chi connectivity index (χ0v) is 19.8. The van der Waals surface area contributed by atoms with Crippen LogP contribution in [0.3, 0.4) is 0 Å². The average molecular weight is 483 g/mol. The van der Waals surface area contributed by atoms with Gasteiger partial charge < -0.3 is 24.8 Å². The van der Waals surface area contributed by atoms with E-state index in [9.17, 15) is 9.18 Å². The van der Waals surface area contributed by atoms with Gasteiger partial charge >= 0.3 is 6.03 Å². The van der Waals surface area contributed by atoms with Gasteiger partial charge in [-0.3, -0.25) is 4.98 Å². The fourth-order valence-corrected chi connectivity index (χ4v) is 4.12. The number of carbonyl (C=O) groups excluding carboxylic acids is 1. The first-order valence-electron chi connectivity index (χ1n) is 10.4. The third kappa shape index (κ3) is 5.01. The first-order valence-corrected chi connectivity index (χ1v) is 11.2. The molecule has 0 fully saturated rings. The molecule has 1 unspecified atom stereocenters.